The number of imidazole rings is 2. The highest BCUT2D eigenvalue weighted by atomic mass is 35.5. The zero-order chi connectivity index (χ0) is 31.0. The number of carbonyl (C=O) groups is 2. The monoisotopic (exact) mass is 616 g/mol. The van der Waals surface area contributed by atoms with E-state index < -0.39 is 0 Å². The summed E-state index contributed by atoms with van der Waals surface area (Å²) in [6.45, 7) is 5.93. The number of amides is 2. The molecule has 2 aliphatic rings. The molecule has 230 valence electrons. The van der Waals surface area contributed by atoms with Gasteiger partial charge in [0.2, 0.25) is 0 Å². The first-order valence-electron chi connectivity index (χ1n) is 14.9. The summed E-state index contributed by atoms with van der Waals surface area (Å²) in [4.78, 5) is 38.2. The van der Waals surface area contributed by atoms with Crippen molar-refractivity contribution in [2.45, 2.75) is 39.3 Å². The number of nitrogens with one attached hydrogen (secondary N) is 3. The normalized spacial score (nSPS) is 14.7. The van der Waals surface area contributed by atoms with Gasteiger partial charge in [-0.3, -0.25) is 14.5 Å². The molecule has 12 heteroatoms. The molecule has 4 aromatic rings. The average molecular weight is 617 g/mol. The van der Waals surface area contributed by atoms with Crippen molar-refractivity contribution in [3.05, 3.63) is 81.4 Å². The highest BCUT2D eigenvalue weighted by Crippen LogP contribution is 2.37. The Hall–Kier alpha value is -4.03. The number of hydrogen-bond acceptors (Lipinski definition) is 7. The molecule has 0 unspecified atom stereocenters. The zero-order valence-electron chi connectivity index (χ0n) is 25.2. The summed E-state index contributed by atoms with van der Waals surface area (Å²) in [6.07, 6.45) is 2.34. The number of benzene rings is 2. The fourth-order valence-electron chi connectivity index (χ4n) is 6.19. The first-order chi connectivity index (χ1) is 21.3. The second kappa shape index (κ2) is 12.5. The van der Waals surface area contributed by atoms with E-state index in [0.29, 0.717) is 47.6 Å². The maximum Gasteiger partial charge on any atom is 0.291 e. The Morgan fingerprint density at radius 1 is 0.932 bits per heavy atom. The fraction of sp³-hybridized carbons (Fsp3) is 0.375. The zero-order valence-corrected chi connectivity index (χ0v) is 26.0. The van der Waals surface area contributed by atoms with E-state index in [2.05, 4.69) is 25.8 Å². The lowest BCUT2D eigenvalue weighted by Crippen LogP contribution is -2.32. The molecule has 2 aliphatic heterocycles. The summed E-state index contributed by atoms with van der Waals surface area (Å²) in [5.41, 5.74) is 7.46. The van der Waals surface area contributed by atoms with E-state index >= 15 is 0 Å². The third kappa shape index (κ3) is 5.63. The molecule has 0 atom stereocenters. The minimum Gasteiger partial charge on any atom is -0.396 e. The van der Waals surface area contributed by atoms with Gasteiger partial charge in [0, 0.05) is 88.9 Å². The summed E-state index contributed by atoms with van der Waals surface area (Å²) in [7, 11) is 3.74. The molecule has 2 amide bonds. The number of nitrogens with zero attached hydrogens (tertiary/aromatic N) is 5. The second-order valence-corrected chi connectivity index (χ2v) is 11.7. The molecule has 0 saturated carbocycles. The van der Waals surface area contributed by atoms with Crippen LogP contribution >= 0.6 is 11.6 Å². The largest absolute Gasteiger partial charge is 0.396 e. The predicted octanol–water partition coefficient (Wildman–Crippen LogP) is 3.67. The van der Waals surface area contributed by atoms with Crippen molar-refractivity contribution in [3.8, 4) is 11.1 Å². The number of fused-ring (bicyclic) bond motifs is 2. The number of halogens is 1. The van der Waals surface area contributed by atoms with Crippen LogP contribution in [0.5, 0.6) is 0 Å². The fourth-order valence-corrected chi connectivity index (χ4v) is 6.46. The Labute approximate surface area is 261 Å². The molecule has 6 rings (SSSR count). The molecule has 2 aromatic carbocycles. The maximum absolute atomic E-state index is 13.5. The number of rotatable bonds is 8. The average Bonchev–Trinajstić information content (AvgIpc) is 3.54. The molecule has 44 heavy (non-hydrogen) atoms. The Kier molecular flexibility index (Phi) is 8.55. The van der Waals surface area contributed by atoms with Crippen LogP contribution in [0, 0.1) is 6.92 Å². The number of aliphatic hydroxyl groups excluding tert-OH is 1. The van der Waals surface area contributed by atoms with Crippen molar-refractivity contribution >= 4 is 34.8 Å². The lowest BCUT2D eigenvalue weighted by Gasteiger charge is -2.26. The molecule has 0 aliphatic carbocycles. The van der Waals surface area contributed by atoms with Crippen molar-refractivity contribution in [2.75, 3.05) is 36.9 Å². The van der Waals surface area contributed by atoms with Gasteiger partial charge in [-0.1, -0.05) is 35.9 Å². The highest BCUT2D eigenvalue weighted by Gasteiger charge is 2.26. The topological polar surface area (TPSA) is 129 Å². The predicted molar refractivity (Wildman–Crippen MR) is 170 cm³/mol. The van der Waals surface area contributed by atoms with Gasteiger partial charge in [-0.15, -0.1) is 0 Å². The SMILES string of the molecule is Cc1c(NC(=O)c2nc3c(n2C)CCN(CCCO)C3)cccc1-c1cccc(NC(=O)c2nc3c(n2C)CCNC3)c1Cl. The van der Waals surface area contributed by atoms with Crippen LogP contribution in [0.2, 0.25) is 5.02 Å². The summed E-state index contributed by atoms with van der Waals surface area (Å²) in [5, 5.41) is 18.9. The third-order valence-electron chi connectivity index (χ3n) is 8.62. The summed E-state index contributed by atoms with van der Waals surface area (Å²) in [6, 6.07) is 11.2. The first-order valence-corrected chi connectivity index (χ1v) is 15.3. The molecule has 4 N–H and O–H groups in total. The number of aliphatic hydroxyl groups is 1. The quantitative estimate of drug-likeness (QED) is 0.238. The minimum atomic E-state index is -0.326. The van der Waals surface area contributed by atoms with Crippen LogP contribution in [-0.2, 0) is 40.0 Å². The van der Waals surface area contributed by atoms with Gasteiger partial charge >= 0.3 is 0 Å². The molecular weight excluding hydrogens is 580 g/mol. The second-order valence-electron chi connectivity index (χ2n) is 11.4. The maximum atomic E-state index is 13.5. The van der Waals surface area contributed by atoms with Crippen molar-refractivity contribution in [1.82, 2.24) is 29.3 Å². The van der Waals surface area contributed by atoms with Crippen LogP contribution in [0.1, 0.15) is 56.0 Å². The van der Waals surface area contributed by atoms with Crippen LogP contribution in [0.3, 0.4) is 0 Å². The summed E-state index contributed by atoms with van der Waals surface area (Å²) < 4.78 is 3.73. The van der Waals surface area contributed by atoms with Gasteiger partial charge in [0.25, 0.3) is 11.8 Å². The van der Waals surface area contributed by atoms with Crippen LogP contribution in [-0.4, -0.2) is 67.2 Å². The first kappa shape index (κ1) is 30.0. The van der Waals surface area contributed by atoms with E-state index in [4.69, 9.17) is 16.6 Å². The number of carbonyl (C=O) groups excluding carboxylic acids is 2. The van der Waals surface area contributed by atoms with E-state index in [1.807, 2.05) is 60.5 Å². The smallest absolute Gasteiger partial charge is 0.291 e. The molecule has 11 nitrogen and oxygen atoms in total. The number of aromatic nitrogens is 4. The Morgan fingerprint density at radius 2 is 1.57 bits per heavy atom. The third-order valence-corrected chi connectivity index (χ3v) is 9.03. The molecule has 0 bridgehead atoms. The molecule has 2 aromatic heterocycles. The molecule has 0 radical (unpaired) electrons. The molecule has 0 saturated heterocycles. The van der Waals surface area contributed by atoms with Gasteiger partial charge in [-0.05, 0) is 36.6 Å². The lowest BCUT2D eigenvalue weighted by molar-refractivity contribution is 0.100. The van der Waals surface area contributed by atoms with Crippen molar-refractivity contribution in [3.63, 3.8) is 0 Å². The van der Waals surface area contributed by atoms with E-state index in [1.54, 1.807) is 6.07 Å². The van der Waals surface area contributed by atoms with E-state index in [1.165, 1.54) is 0 Å². The Balaban J connectivity index is 1.22. The van der Waals surface area contributed by atoms with E-state index in [9.17, 15) is 14.7 Å². The van der Waals surface area contributed by atoms with Crippen LogP contribution in [0.25, 0.3) is 11.1 Å². The van der Waals surface area contributed by atoms with Gasteiger partial charge in [-0.2, -0.15) is 0 Å². The Morgan fingerprint density at radius 3 is 2.27 bits per heavy atom. The molecular formula is C32H37ClN8O3. The molecule has 4 heterocycles. The van der Waals surface area contributed by atoms with Crippen molar-refractivity contribution in [2.24, 2.45) is 14.1 Å². The van der Waals surface area contributed by atoms with Gasteiger partial charge in [0.1, 0.15) is 0 Å². The number of anilines is 2. The summed E-state index contributed by atoms with van der Waals surface area (Å²) in [5.74, 6) is 0.0882. The Bertz CT molecular complexity index is 1740. The van der Waals surface area contributed by atoms with Gasteiger partial charge < -0.3 is 30.2 Å². The van der Waals surface area contributed by atoms with Gasteiger partial charge in [0.15, 0.2) is 11.6 Å². The van der Waals surface area contributed by atoms with E-state index in [-0.39, 0.29) is 18.4 Å². The minimum absolute atomic E-state index is 0.159. The van der Waals surface area contributed by atoms with Crippen LogP contribution in [0.15, 0.2) is 36.4 Å². The standard InChI is InChI=1S/C32H37ClN8O3/c1-19-20(21-8-5-10-23(28(21)33)38-32(44)29-35-24-17-34-13-11-26(24)39(29)2)7-4-9-22(19)37-31(43)30-36-25-18-41(14-6-16-42)15-12-27(25)40(30)3/h4-5,7-10,34,42H,6,11-18H2,1-3H3,(H,37,43)(H,38,44). The van der Waals surface area contributed by atoms with Gasteiger partial charge in [-0.25, -0.2) is 9.97 Å². The molecule has 0 spiro atoms. The highest BCUT2D eigenvalue weighted by molar-refractivity contribution is 6.36. The van der Waals surface area contributed by atoms with Crippen molar-refractivity contribution < 1.29 is 14.7 Å². The van der Waals surface area contributed by atoms with Crippen molar-refractivity contribution in [1.29, 1.82) is 0 Å². The number of hydrogen-bond donors (Lipinski definition) is 4. The van der Waals surface area contributed by atoms with Crippen LogP contribution in [0.4, 0.5) is 11.4 Å². The van der Waals surface area contributed by atoms with Crippen LogP contribution < -0.4 is 16.0 Å². The van der Waals surface area contributed by atoms with Gasteiger partial charge in [0.05, 0.1) is 22.1 Å². The summed E-state index contributed by atoms with van der Waals surface area (Å²) >= 11 is 6.89. The lowest BCUT2D eigenvalue weighted by atomic mass is 9.98. The van der Waals surface area contributed by atoms with E-state index in [0.717, 1.165) is 71.9 Å². The molecule has 0 fully saturated rings.